The fraction of sp³-hybridized carbons (Fsp3) is 0.533. The van der Waals surface area contributed by atoms with E-state index >= 15 is 0 Å². The molecule has 1 saturated heterocycles. The Kier molecular flexibility index (Phi) is 4.80. The van der Waals surface area contributed by atoms with E-state index in [1.807, 2.05) is 18.2 Å². The van der Waals surface area contributed by atoms with Crippen molar-refractivity contribution in [1.29, 1.82) is 0 Å². The van der Waals surface area contributed by atoms with Gasteiger partial charge in [0.1, 0.15) is 17.8 Å². The molecule has 0 amide bonds. The Morgan fingerprint density at radius 2 is 2.21 bits per heavy atom. The summed E-state index contributed by atoms with van der Waals surface area (Å²) in [6.45, 7) is 2.67. The molecule has 1 aliphatic rings. The second-order valence-electron chi connectivity index (χ2n) is 4.95. The topological polar surface area (TPSA) is 38.8 Å². The fourth-order valence-corrected chi connectivity index (χ4v) is 2.59. The van der Waals surface area contributed by atoms with Crippen LogP contribution in [0.25, 0.3) is 0 Å². The normalized spacial score (nSPS) is 20.0. The van der Waals surface area contributed by atoms with E-state index < -0.39 is 0 Å². The van der Waals surface area contributed by atoms with E-state index in [1.165, 1.54) is 0 Å². The van der Waals surface area contributed by atoms with Gasteiger partial charge in [-0.2, -0.15) is 0 Å². The zero-order chi connectivity index (χ0) is 13.7. The minimum absolute atomic E-state index is 0.172. The average Bonchev–Trinajstić information content (AvgIpc) is 2.47. The van der Waals surface area contributed by atoms with Crippen molar-refractivity contribution in [2.24, 2.45) is 5.92 Å². The number of likely N-dealkylation sites (tertiary alicyclic amines) is 1. The van der Waals surface area contributed by atoms with Crippen LogP contribution in [0, 0.1) is 5.92 Å². The molecule has 0 aromatic heterocycles. The summed E-state index contributed by atoms with van der Waals surface area (Å²) >= 11 is 0. The summed E-state index contributed by atoms with van der Waals surface area (Å²) in [5.74, 6) is 1.87. The third kappa shape index (κ3) is 3.47. The first-order valence-corrected chi connectivity index (χ1v) is 6.65. The SMILES string of the molecule is COc1ccc(OC)c(CN2CCCC(C=O)C2)c1. The lowest BCUT2D eigenvalue weighted by Crippen LogP contribution is -2.35. The first-order chi connectivity index (χ1) is 9.26. The molecule has 19 heavy (non-hydrogen) atoms. The molecule has 4 heteroatoms. The second kappa shape index (κ2) is 6.57. The van der Waals surface area contributed by atoms with E-state index in [2.05, 4.69) is 4.90 Å². The summed E-state index contributed by atoms with van der Waals surface area (Å²) in [6.07, 6.45) is 3.17. The number of piperidine rings is 1. The number of benzene rings is 1. The molecule has 0 N–H and O–H groups in total. The predicted octanol–water partition coefficient (Wildman–Crippen LogP) is 2.11. The number of rotatable bonds is 5. The van der Waals surface area contributed by atoms with Gasteiger partial charge in [-0.3, -0.25) is 4.90 Å². The van der Waals surface area contributed by atoms with Crippen molar-refractivity contribution in [3.05, 3.63) is 23.8 Å². The Balaban J connectivity index is 2.10. The van der Waals surface area contributed by atoms with E-state index in [4.69, 9.17) is 9.47 Å². The van der Waals surface area contributed by atoms with Gasteiger partial charge in [0.25, 0.3) is 0 Å². The van der Waals surface area contributed by atoms with Crippen molar-refractivity contribution in [2.75, 3.05) is 27.3 Å². The number of carbonyl (C=O) groups excluding carboxylic acids is 1. The Labute approximate surface area is 114 Å². The Hall–Kier alpha value is -1.55. The van der Waals surface area contributed by atoms with Crippen molar-refractivity contribution in [3.63, 3.8) is 0 Å². The molecule has 0 aliphatic carbocycles. The van der Waals surface area contributed by atoms with E-state index in [-0.39, 0.29) is 5.92 Å². The van der Waals surface area contributed by atoms with Gasteiger partial charge in [0.05, 0.1) is 14.2 Å². The monoisotopic (exact) mass is 263 g/mol. The third-order valence-electron chi connectivity index (χ3n) is 3.62. The molecule has 0 spiro atoms. The molecule has 1 aliphatic heterocycles. The van der Waals surface area contributed by atoms with E-state index in [0.717, 1.165) is 55.8 Å². The predicted molar refractivity (Wildman–Crippen MR) is 73.6 cm³/mol. The van der Waals surface area contributed by atoms with Gasteiger partial charge in [-0.25, -0.2) is 0 Å². The molecular formula is C15H21NO3. The lowest BCUT2D eigenvalue weighted by molar-refractivity contribution is -0.112. The molecular weight excluding hydrogens is 242 g/mol. The van der Waals surface area contributed by atoms with E-state index in [9.17, 15) is 4.79 Å². The smallest absolute Gasteiger partial charge is 0.124 e. The van der Waals surface area contributed by atoms with Crippen LogP contribution < -0.4 is 9.47 Å². The van der Waals surface area contributed by atoms with E-state index in [1.54, 1.807) is 14.2 Å². The van der Waals surface area contributed by atoms with Gasteiger partial charge in [0, 0.05) is 24.6 Å². The Morgan fingerprint density at radius 3 is 2.89 bits per heavy atom. The Morgan fingerprint density at radius 1 is 1.37 bits per heavy atom. The molecule has 1 fully saturated rings. The highest BCUT2D eigenvalue weighted by atomic mass is 16.5. The highest BCUT2D eigenvalue weighted by Gasteiger charge is 2.20. The maximum atomic E-state index is 10.9. The van der Waals surface area contributed by atoms with Gasteiger partial charge >= 0.3 is 0 Å². The molecule has 4 nitrogen and oxygen atoms in total. The van der Waals surface area contributed by atoms with Crippen LogP contribution in [-0.2, 0) is 11.3 Å². The molecule has 2 rings (SSSR count). The average molecular weight is 263 g/mol. The maximum Gasteiger partial charge on any atom is 0.124 e. The number of carbonyl (C=O) groups is 1. The standard InChI is InChI=1S/C15H21NO3/c1-18-14-5-6-15(19-2)13(8-14)10-16-7-3-4-12(9-16)11-17/h5-6,8,11-12H,3-4,7,9-10H2,1-2H3. The van der Waals surface area contributed by atoms with Crippen LogP contribution in [0.4, 0.5) is 0 Å². The summed E-state index contributed by atoms with van der Waals surface area (Å²) in [7, 11) is 3.34. The first kappa shape index (κ1) is 13.9. The van der Waals surface area contributed by atoms with Crippen LogP contribution in [0.1, 0.15) is 18.4 Å². The van der Waals surface area contributed by atoms with Crippen LogP contribution in [0.15, 0.2) is 18.2 Å². The number of hydrogen-bond donors (Lipinski definition) is 0. The molecule has 0 radical (unpaired) electrons. The number of hydrogen-bond acceptors (Lipinski definition) is 4. The van der Waals surface area contributed by atoms with Gasteiger partial charge in [-0.1, -0.05) is 0 Å². The zero-order valence-corrected chi connectivity index (χ0v) is 11.6. The quantitative estimate of drug-likeness (QED) is 0.763. The molecule has 104 valence electrons. The van der Waals surface area contributed by atoms with Gasteiger partial charge in [-0.15, -0.1) is 0 Å². The highest BCUT2D eigenvalue weighted by molar-refractivity contribution is 5.54. The van der Waals surface area contributed by atoms with Crippen LogP contribution >= 0.6 is 0 Å². The molecule has 0 bridgehead atoms. The Bertz CT molecular complexity index is 433. The van der Waals surface area contributed by atoms with Crippen LogP contribution in [-0.4, -0.2) is 38.5 Å². The number of ether oxygens (including phenoxy) is 2. The summed E-state index contributed by atoms with van der Waals surface area (Å²) in [5, 5.41) is 0. The number of aldehydes is 1. The van der Waals surface area contributed by atoms with Crippen molar-refractivity contribution in [1.82, 2.24) is 4.90 Å². The first-order valence-electron chi connectivity index (χ1n) is 6.65. The van der Waals surface area contributed by atoms with Crippen molar-refractivity contribution in [2.45, 2.75) is 19.4 Å². The number of methoxy groups -OCH3 is 2. The third-order valence-corrected chi connectivity index (χ3v) is 3.62. The minimum atomic E-state index is 0.172. The van der Waals surface area contributed by atoms with Gasteiger partial charge in [0.15, 0.2) is 0 Å². The van der Waals surface area contributed by atoms with Gasteiger partial charge < -0.3 is 14.3 Å². The van der Waals surface area contributed by atoms with Gasteiger partial charge in [0.2, 0.25) is 0 Å². The van der Waals surface area contributed by atoms with Crippen molar-refractivity contribution < 1.29 is 14.3 Å². The summed E-state index contributed by atoms with van der Waals surface area (Å²) in [4.78, 5) is 13.2. The summed E-state index contributed by atoms with van der Waals surface area (Å²) in [6, 6.07) is 5.82. The fourth-order valence-electron chi connectivity index (χ4n) is 2.59. The lowest BCUT2D eigenvalue weighted by Gasteiger charge is -2.30. The summed E-state index contributed by atoms with van der Waals surface area (Å²) in [5.41, 5.74) is 1.10. The molecule has 1 aromatic carbocycles. The molecule has 1 heterocycles. The van der Waals surface area contributed by atoms with E-state index in [0.29, 0.717) is 0 Å². The highest BCUT2D eigenvalue weighted by Crippen LogP contribution is 2.26. The van der Waals surface area contributed by atoms with Crippen molar-refractivity contribution >= 4 is 6.29 Å². The van der Waals surface area contributed by atoms with Crippen LogP contribution in [0.2, 0.25) is 0 Å². The zero-order valence-electron chi connectivity index (χ0n) is 11.6. The lowest BCUT2D eigenvalue weighted by atomic mass is 9.99. The van der Waals surface area contributed by atoms with Crippen molar-refractivity contribution in [3.8, 4) is 11.5 Å². The summed E-state index contributed by atoms with van der Waals surface area (Å²) < 4.78 is 10.6. The molecule has 1 atom stereocenters. The molecule has 1 aromatic rings. The maximum absolute atomic E-state index is 10.9. The second-order valence-corrected chi connectivity index (χ2v) is 4.95. The minimum Gasteiger partial charge on any atom is -0.497 e. The number of nitrogens with zero attached hydrogens (tertiary/aromatic N) is 1. The van der Waals surface area contributed by atoms with Crippen LogP contribution in [0.3, 0.4) is 0 Å². The molecule has 0 saturated carbocycles. The largest absolute Gasteiger partial charge is 0.497 e. The van der Waals surface area contributed by atoms with Crippen LogP contribution in [0.5, 0.6) is 11.5 Å². The van der Waals surface area contributed by atoms with Gasteiger partial charge in [-0.05, 0) is 37.6 Å². The molecule has 1 unspecified atom stereocenters.